The number of halogens is 1. The maximum Gasteiger partial charge on any atom is 0.240 e. The van der Waals surface area contributed by atoms with Crippen LogP contribution < -0.4 is 10.2 Å². The van der Waals surface area contributed by atoms with E-state index < -0.39 is 0 Å². The van der Waals surface area contributed by atoms with Crippen molar-refractivity contribution >= 4 is 17.5 Å². The van der Waals surface area contributed by atoms with E-state index in [0.29, 0.717) is 6.54 Å². The number of nitrogens with one attached hydrogen (secondary N) is 1. The van der Waals surface area contributed by atoms with Gasteiger partial charge >= 0.3 is 0 Å². The summed E-state index contributed by atoms with van der Waals surface area (Å²) in [7, 11) is 1.65. The Morgan fingerprint density at radius 3 is 2.23 bits per heavy atom. The lowest BCUT2D eigenvalue weighted by Crippen LogP contribution is -2.51. The smallest absolute Gasteiger partial charge is 0.240 e. The van der Waals surface area contributed by atoms with Gasteiger partial charge in [-0.15, -0.1) is 0 Å². The van der Waals surface area contributed by atoms with Crippen molar-refractivity contribution in [2.24, 2.45) is 0 Å². The Hall–Kier alpha value is -2.15. The van der Waals surface area contributed by atoms with Gasteiger partial charge in [0.2, 0.25) is 11.8 Å². The first-order valence-corrected chi connectivity index (χ1v) is 8.92. The molecule has 1 heterocycles. The molecular formula is C19H29FN4O2. The van der Waals surface area contributed by atoms with Gasteiger partial charge in [-0.2, -0.15) is 0 Å². The van der Waals surface area contributed by atoms with E-state index >= 15 is 0 Å². The van der Waals surface area contributed by atoms with Crippen LogP contribution in [0.4, 0.5) is 10.1 Å². The van der Waals surface area contributed by atoms with Crippen LogP contribution in [0.5, 0.6) is 0 Å². The molecule has 0 atom stereocenters. The van der Waals surface area contributed by atoms with Gasteiger partial charge < -0.3 is 15.1 Å². The summed E-state index contributed by atoms with van der Waals surface area (Å²) in [5.41, 5.74) is 0.686. The van der Waals surface area contributed by atoms with Gasteiger partial charge in [-0.25, -0.2) is 4.39 Å². The lowest BCUT2D eigenvalue weighted by molar-refractivity contribution is -0.136. The molecule has 2 rings (SSSR count). The van der Waals surface area contributed by atoms with Crippen LogP contribution in [0, 0.1) is 5.82 Å². The van der Waals surface area contributed by atoms with E-state index in [2.05, 4.69) is 15.1 Å². The molecule has 0 spiro atoms. The van der Waals surface area contributed by atoms with Gasteiger partial charge in [-0.3, -0.25) is 14.5 Å². The van der Waals surface area contributed by atoms with Gasteiger partial charge in [-0.1, -0.05) is 0 Å². The van der Waals surface area contributed by atoms with Crippen molar-refractivity contribution < 1.29 is 14.0 Å². The normalized spacial score (nSPS) is 15.7. The summed E-state index contributed by atoms with van der Waals surface area (Å²) >= 11 is 0. The van der Waals surface area contributed by atoms with Crippen LogP contribution in [0.1, 0.15) is 20.8 Å². The zero-order chi connectivity index (χ0) is 19.3. The Bertz CT molecular complexity index is 619. The Morgan fingerprint density at radius 2 is 1.69 bits per heavy atom. The molecule has 0 saturated carbocycles. The second-order valence-corrected chi connectivity index (χ2v) is 7.79. The molecule has 1 aliphatic heterocycles. The van der Waals surface area contributed by atoms with Gasteiger partial charge in [0.15, 0.2) is 0 Å². The number of rotatable bonds is 5. The molecule has 26 heavy (non-hydrogen) atoms. The molecule has 1 saturated heterocycles. The number of piperazine rings is 1. The fourth-order valence-corrected chi connectivity index (χ4v) is 2.89. The number of carbonyl (C=O) groups is 2. The second kappa shape index (κ2) is 8.49. The lowest BCUT2D eigenvalue weighted by atomic mass is 10.1. The van der Waals surface area contributed by atoms with E-state index in [9.17, 15) is 14.0 Å². The summed E-state index contributed by atoms with van der Waals surface area (Å²) in [5, 5.41) is 2.86. The molecule has 0 aliphatic carbocycles. The van der Waals surface area contributed by atoms with E-state index in [1.54, 1.807) is 19.2 Å². The zero-order valence-corrected chi connectivity index (χ0v) is 16.1. The van der Waals surface area contributed by atoms with Crippen LogP contribution in [0.2, 0.25) is 0 Å². The second-order valence-electron chi connectivity index (χ2n) is 7.79. The number of anilines is 1. The van der Waals surface area contributed by atoms with Gasteiger partial charge in [0.1, 0.15) is 5.82 Å². The largest absolute Gasteiger partial charge is 0.369 e. The molecule has 144 valence electrons. The average Bonchev–Trinajstić information content (AvgIpc) is 2.54. The molecule has 1 aromatic rings. The van der Waals surface area contributed by atoms with Crippen LogP contribution in [0.3, 0.4) is 0 Å². The highest BCUT2D eigenvalue weighted by molar-refractivity contribution is 5.85. The van der Waals surface area contributed by atoms with Crippen molar-refractivity contribution in [2.45, 2.75) is 26.3 Å². The molecule has 6 nitrogen and oxygen atoms in total. The number of carbonyl (C=O) groups excluding carboxylic acids is 2. The van der Waals surface area contributed by atoms with Crippen LogP contribution in [-0.4, -0.2) is 73.5 Å². The number of nitrogens with zero attached hydrogens (tertiary/aromatic N) is 3. The van der Waals surface area contributed by atoms with E-state index in [4.69, 9.17) is 0 Å². The predicted octanol–water partition coefficient (Wildman–Crippen LogP) is 1.32. The topological polar surface area (TPSA) is 55.9 Å². The molecule has 0 radical (unpaired) electrons. The molecular weight excluding hydrogens is 335 g/mol. The minimum Gasteiger partial charge on any atom is -0.369 e. The maximum atomic E-state index is 13.0. The fourth-order valence-electron chi connectivity index (χ4n) is 2.89. The summed E-state index contributed by atoms with van der Waals surface area (Å²) in [5.74, 6) is -0.463. The molecule has 7 heteroatoms. The van der Waals surface area contributed by atoms with Crippen molar-refractivity contribution in [3.8, 4) is 0 Å². The maximum absolute atomic E-state index is 13.0. The van der Waals surface area contributed by atoms with Crippen molar-refractivity contribution in [2.75, 3.05) is 51.2 Å². The number of benzene rings is 1. The zero-order valence-electron chi connectivity index (χ0n) is 16.1. The number of amides is 2. The summed E-state index contributed by atoms with van der Waals surface area (Å²) in [6.07, 6.45) is 0. The number of hydrogen-bond acceptors (Lipinski definition) is 4. The molecule has 1 aromatic carbocycles. The van der Waals surface area contributed by atoms with E-state index in [1.807, 2.05) is 20.8 Å². The molecule has 1 aliphatic rings. The van der Waals surface area contributed by atoms with Crippen LogP contribution >= 0.6 is 0 Å². The predicted molar refractivity (Wildman–Crippen MR) is 101 cm³/mol. The third kappa shape index (κ3) is 6.29. The number of hydrogen-bond donors (Lipinski definition) is 1. The van der Waals surface area contributed by atoms with Gasteiger partial charge in [0, 0.05) is 44.5 Å². The number of likely N-dealkylation sites (N-methyl/N-ethyl adjacent to an activating group) is 1. The minimum absolute atomic E-state index is 0.0612. The summed E-state index contributed by atoms with van der Waals surface area (Å²) in [6.45, 7) is 9.17. The minimum atomic E-state index is -0.308. The highest BCUT2D eigenvalue weighted by Crippen LogP contribution is 2.16. The van der Waals surface area contributed by atoms with E-state index in [-0.39, 0.29) is 29.7 Å². The quantitative estimate of drug-likeness (QED) is 0.856. The van der Waals surface area contributed by atoms with Crippen molar-refractivity contribution in [1.82, 2.24) is 15.1 Å². The molecule has 1 N–H and O–H groups in total. The molecule has 0 bridgehead atoms. The Balaban J connectivity index is 1.76. The van der Waals surface area contributed by atoms with Gasteiger partial charge in [-0.05, 0) is 45.0 Å². The van der Waals surface area contributed by atoms with Gasteiger partial charge in [0.05, 0.1) is 13.1 Å². The van der Waals surface area contributed by atoms with Crippen molar-refractivity contribution in [1.29, 1.82) is 0 Å². The lowest BCUT2D eigenvalue weighted by Gasteiger charge is -2.36. The summed E-state index contributed by atoms with van der Waals surface area (Å²) in [4.78, 5) is 30.0. The van der Waals surface area contributed by atoms with Gasteiger partial charge in [0.25, 0.3) is 0 Å². The Kier molecular flexibility index (Phi) is 6.58. The van der Waals surface area contributed by atoms with E-state index in [0.717, 1.165) is 31.9 Å². The van der Waals surface area contributed by atoms with Crippen molar-refractivity contribution in [3.05, 3.63) is 30.1 Å². The average molecular weight is 364 g/mol. The van der Waals surface area contributed by atoms with Crippen LogP contribution in [0.15, 0.2) is 24.3 Å². The first-order valence-electron chi connectivity index (χ1n) is 8.92. The Morgan fingerprint density at radius 1 is 1.12 bits per heavy atom. The molecule has 0 unspecified atom stereocenters. The molecule has 2 amide bonds. The first kappa shape index (κ1) is 20.2. The summed E-state index contributed by atoms with van der Waals surface area (Å²) in [6, 6.07) is 6.47. The van der Waals surface area contributed by atoms with E-state index in [1.165, 1.54) is 17.0 Å². The third-order valence-electron chi connectivity index (χ3n) is 4.24. The van der Waals surface area contributed by atoms with Crippen LogP contribution in [0.25, 0.3) is 0 Å². The first-order chi connectivity index (χ1) is 12.1. The molecule has 1 fully saturated rings. The SMILES string of the molecule is CN(CC(=O)NC(C)(C)C)C(=O)CN1CCN(c2ccc(F)cc2)CC1. The standard InChI is InChI=1S/C19H29FN4O2/c1-19(2,3)21-17(25)13-22(4)18(26)14-23-9-11-24(12-10-23)16-7-5-15(20)6-8-16/h5-8H,9-14H2,1-4H3,(H,21,25). The monoisotopic (exact) mass is 364 g/mol. The third-order valence-corrected chi connectivity index (χ3v) is 4.24. The highest BCUT2D eigenvalue weighted by Gasteiger charge is 2.22. The van der Waals surface area contributed by atoms with Crippen LogP contribution in [-0.2, 0) is 9.59 Å². The van der Waals surface area contributed by atoms with Crippen molar-refractivity contribution in [3.63, 3.8) is 0 Å². The Labute approximate surface area is 154 Å². The summed E-state index contributed by atoms with van der Waals surface area (Å²) < 4.78 is 13.0. The fraction of sp³-hybridized carbons (Fsp3) is 0.579. The molecule has 0 aromatic heterocycles. The highest BCUT2D eigenvalue weighted by atomic mass is 19.1.